The summed E-state index contributed by atoms with van der Waals surface area (Å²) in [5, 5.41) is 2.99. The quantitative estimate of drug-likeness (QED) is 0.484. The molecule has 31 heavy (non-hydrogen) atoms. The van der Waals surface area contributed by atoms with E-state index in [9.17, 15) is 9.59 Å². The number of esters is 1. The van der Waals surface area contributed by atoms with E-state index in [0.29, 0.717) is 45.6 Å². The van der Waals surface area contributed by atoms with Crippen LogP contribution in [0.2, 0.25) is 0 Å². The summed E-state index contributed by atoms with van der Waals surface area (Å²) in [5.74, 6) is -0.390. The number of amides is 1. The number of nitrogens with one attached hydrogen (secondary N) is 1. The Morgan fingerprint density at radius 3 is 2.42 bits per heavy atom. The molecule has 1 fully saturated rings. The van der Waals surface area contributed by atoms with Gasteiger partial charge in [0.1, 0.15) is 16.9 Å². The van der Waals surface area contributed by atoms with E-state index >= 15 is 0 Å². The molecule has 156 valence electrons. The van der Waals surface area contributed by atoms with Gasteiger partial charge in [-0.1, -0.05) is 12.1 Å². The molecule has 1 amide bonds. The van der Waals surface area contributed by atoms with Crippen molar-refractivity contribution < 1.29 is 14.3 Å². The van der Waals surface area contributed by atoms with E-state index in [1.807, 2.05) is 24.3 Å². The average Bonchev–Trinajstić information content (AvgIpc) is 3.54. The molecule has 8 heteroatoms. The van der Waals surface area contributed by atoms with Gasteiger partial charge in [-0.3, -0.25) is 9.36 Å². The molecule has 3 N–H and O–H groups in total. The Morgan fingerprint density at radius 1 is 1.10 bits per heavy atom. The predicted molar refractivity (Wildman–Crippen MR) is 117 cm³/mol. The van der Waals surface area contributed by atoms with Gasteiger partial charge >= 0.3 is 5.97 Å². The molecule has 1 saturated carbocycles. The first kappa shape index (κ1) is 19.0. The fourth-order valence-electron chi connectivity index (χ4n) is 3.59. The van der Waals surface area contributed by atoms with E-state index in [2.05, 4.69) is 5.32 Å². The summed E-state index contributed by atoms with van der Waals surface area (Å²) < 4.78 is 6.75. The minimum Gasteiger partial charge on any atom is -0.462 e. The molecule has 0 spiro atoms. The fraction of sp³-hybridized carbons (Fsp3) is 0.217. The van der Waals surface area contributed by atoms with Crippen molar-refractivity contribution in [2.24, 2.45) is 0 Å². The van der Waals surface area contributed by atoms with Crippen molar-refractivity contribution in [2.75, 3.05) is 12.3 Å². The van der Waals surface area contributed by atoms with Gasteiger partial charge in [0.25, 0.3) is 5.91 Å². The topological polar surface area (TPSA) is 112 Å². The molecule has 5 rings (SSSR count). The van der Waals surface area contributed by atoms with Gasteiger partial charge in [0.2, 0.25) is 0 Å². The summed E-state index contributed by atoms with van der Waals surface area (Å²) >= 11 is 0. The molecule has 0 atom stereocenters. The van der Waals surface area contributed by atoms with Gasteiger partial charge in [-0.05, 0) is 56.2 Å². The van der Waals surface area contributed by atoms with Crippen molar-refractivity contribution in [1.82, 2.24) is 19.9 Å². The number of nitrogens with zero attached hydrogens (tertiary/aromatic N) is 3. The van der Waals surface area contributed by atoms with Crippen LogP contribution in [0, 0.1) is 0 Å². The van der Waals surface area contributed by atoms with Gasteiger partial charge in [0.05, 0.1) is 23.2 Å². The molecular weight excluding hydrogens is 394 g/mol. The van der Waals surface area contributed by atoms with Gasteiger partial charge < -0.3 is 15.8 Å². The second kappa shape index (κ2) is 7.39. The number of anilines is 1. The monoisotopic (exact) mass is 415 g/mol. The molecule has 0 bridgehead atoms. The zero-order valence-electron chi connectivity index (χ0n) is 17.0. The number of ether oxygens (including phenoxy) is 1. The van der Waals surface area contributed by atoms with Crippen LogP contribution in [0.25, 0.3) is 27.9 Å². The Kier molecular flexibility index (Phi) is 4.54. The molecule has 0 unspecified atom stereocenters. The van der Waals surface area contributed by atoms with E-state index in [4.69, 9.17) is 20.4 Å². The number of nitrogen functional groups attached to an aromatic ring is 1. The Labute approximate surface area is 178 Å². The van der Waals surface area contributed by atoms with Crippen LogP contribution in [-0.2, 0) is 4.74 Å². The lowest BCUT2D eigenvalue weighted by atomic mass is 10.2. The molecular formula is C23H21N5O3. The number of nitrogens with two attached hydrogens (primary N) is 1. The average molecular weight is 415 g/mol. The largest absolute Gasteiger partial charge is 0.462 e. The number of aromatic nitrogens is 3. The predicted octanol–water partition coefficient (Wildman–Crippen LogP) is 3.22. The minimum atomic E-state index is -0.394. The summed E-state index contributed by atoms with van der Waals surface area (Å²) in [6.45, 7) is 2.06. The standard InChI is InChI=1S/C23H21N5O3/c1-2-31-23(30)13-7-11-15(12-8-13)28-20(24)18(22(29)25-14-9-10-14)19-21(28)27-17-6-4-3-5-16(17)26-19/h3-8,11-12,14H,2,9-10,24H2,1H3,(H,25,29). The Morgan fingerprint density at radius 2 is 1.77 bits per heavy atom. The first-order valence-corrected chi connectivity index (χ1v) is 10.2. The normalized spacial score (nSPS) is 13.5. The van der Waals surface area contributed by atoms with Crippen LogP contribution in [0.4, 0.5) is 5.82 Å². The van der Waals surface area contributed by atoms with Crippen LogP contribution >= 0.6 is 0 Å². The van der Waals surface area contributed by atoms with Crippen molar-refractivity contribution in [2.45, 2.75) is 25.8 Å². The van der Waals surface area contributed by atoms with Gasteiger partial charge in [0.15, 0.2) is 5.65 Å². The molecule has 1 aliphatic carbocycles. The first-order valence-electron chi connectivity index (χ1n) is 10.2. The Balaban J connectivity index is 1.69. The molecule has 0 saturated heterocycles. The first-order chi connectivity index (χ1) is 15.1. The summed E-state index contributed by atoms with van der Waals surface area (Å²) in [7, 11) is 0. The van der Waals surface area contributed by atoms with E-state index < -0.39 is 5.97 Å². The Hall–Kier alpha value is -3.94. The minimum absolute atomic E-state index is 0.183. The molecule has 2 aromatic heterocycles. The maximum absolute atomic E-state index is 13.0. The van der Waals surface area contributed by atoms with Gasteiger partial charge in [-0.2, -0.15) is 0 Å². The van der Waals surface area contributed by atoms with Crippen molar-refractivity contribution in [3.05, 3.63) is 59.7 Å². The van der Waals surface area contributed by atoms with E-state index in [1.54, 1.807) is 35.8 Å². The van der Waals surface area contributed by atoms with Crippen LogP contribution in [0.1, 0.15) is 40.5 Å². The third-order valence-corrected chi connectivity index (χ3v) is 5.27. The summed E-state index contributed by atoms with van der Waals surface area (Å²) in [5.41, 5.74) is 10.2. The van der Waals surface area contributed by atoms with Gasteiger partial charge in [0, 0.05) is 11.7 Å². The molecule has 4 aromatic rings. The maximum atomic E-state index is 13.0. The van der Waals surface area contributed by atoms with Crippen molar-refractivity contribution in [3.63, 3.8) is 0 Å². The summed E-state index contributed by atoms with van der Waals surface area (Å²) in [4.78, 5) is 34.4. The van der Waals surface area contributed by atoms with Crippen LogP contribution in [0.3, 0.4) is 0 Å². The zero-order chi connectivity index (χ0) is 21.5. The smallest absolute Gasteiger partial charge is 0.338 e. The number of fused-ring (bicyclic) bond motifs is 2. The third kappa shape index (κ3) is 3.35. The fourth-order valence-corrected chi connectivity index (χ4v) is 3.59. The third-order valence-electron chi connectivity index (χ3n) is 5.27. The Bertz CT molecular complexity index is 1320. The van der Waals surface area contributed by atoms with Crippen molar-refractivity contribution in [1.29, 1.82) is 0 Å². The van der Waals surface area contributed by atoms with Crippen molar-refractivity contribution in [3.8, 4) is 5.69 Å². The van der Waals surface area contributed by atoms with Crippen LogP contribution in [-0.4, -0.2) is 39.1 Å². The number of hydrogen-bond donors (Lipinski definition) is 2. The molecule has 0 radical (unpaired) electrons. The van der Waals surface area contributed by atoms with E-state index in [1.165, 1.54) is 0 Å². The van der Waals surface area contributed by atoms with Gasteiger partial charge in [-0.25, -0.2) is 14.8 Å². The van der Waals surface area contributed by atoms with Gasteiger partial charge in [-0.15, -0.1) is 0 Å². The second-order valence-corrected chi connectivity index (χ2v) is 7.50. The summed E-state index contributed by atoms with van der Waals surface area (Å²) in [6, 6.07) is 14.5. The number of benzene rings is 2. The molecule has 2 aromatic carbocycles. The SMILES string of the molecule is CCOC(=O)c1ccc(-n2c(N)c(C(=O)NC3CC3)c3nc4ccccc4nc32)cc1. The number of rotatable bonds is 5. The number of para-hydroxylation sites is 2. The highest BCUT2D eigenvalue weighted by atomic mass is 16.5. The molecule has 8 nitrogen and oxygen atoms in total. The number of carbonyl (C=O) groups excluding carboxylic acids is 2. The van der Waals surface area contributed by atoms with E-state index in [0.717, 1.165) is 12.8 Å². The lowest BCUT2D eigenvalue weighted by Crippen LogP contribution is -2.26. The second-order valence-electron chi connectivity index (χ2n) is 7.50. The summed E-state index contributed by atoms with van der Waals surface area (Å²) in [6.07, 6.45) is 1.93. The maximum Gasteiger partial charge on any atom is 0.338 e. The number of carbonyl (C=O) groups is 2. The molecule has 1 aliphatic rings. The highest BCUT2D eigenvalue weighted by Crippen LogP contribution is 2.32. The molecule has 0 aliphatic heterocycles. The lowest BCUT2D eigenvalue weighted by molar-refractivity contribution is 0.0526. The highest BCUT2D eigenvalue weighted by molar-refractivity contribution is 6.11. The van der Waals surface area contributed by atoms with Crippen LogP contribution in [0.15, 0.2) is 48.5 Å². The van der Waals surface area contributed by atoms with Crippen molar-refractivity contribution >= 4 is 39.9 Å². The van der Waals surface area contributed by atoms with Crippen LogP contribution < -0.4 is 11.1 Å². The lowest BCUT2D eigenvalue weighted by Gasteiger charge is -2.09. The highest BCUT2D eigenvalue weighted by Gasteiger charge is 2.29. The zero-order valence-corrected chi connectivity index (χ0v) is 17.0. The van der Waals surface area contributed by atoms with Crippen LogP contribution in [0.5, 0.6) is 0 Å². The van der Waals surface area contributed by atoms with E-state index in [-0.39, 0.29) is 17.8 Å². The number of hydrogen-bond acceptors (Lipinski definition) is 6. The molecule has 2 heterocycles.